The summed E-state index contributed by atoms with van der Waals surface area (Å²) in [6.07, 6.45) is -2.74. The summed E-state index contributed by atoms with van der Waals surface area (Å²) in [5.41, 5.74) is -1.11. The van der Waals surface area contributed by atoms with Crippen LogP contribution in [0.1, 0.15) is 23.2 Å². The standard InChI is InChI=1S/C8H5BrF2N2O/c9-2-4-1-6(7(10)11)13-8(14)5(4)3-12/h1,7H,2H2,(H,13,14). The number of alkyl halides is 3. The molecule has 0 spiro atoms. The summed E-state index contributed by atoms with van der Waals surface area (Å²) in [7, 11) is 0. The van der Waals surface area contributed by atoms with Gasteiger partial charge in [0.2, 0.25) is 0 Å². The Morgan fingerprint density at radius 1 is 1.64 bits per heavy atom. The molecule has 0 unspecified atom stereocenters. The van der Waals surface area contributed by atoms with Crippen LogP contribution in [0.5, 0.6) is 0 Å². The van der Waals surface area contributed by atoms with Gasteiger partial charge in [0.15, 0.2) is 0 Å². The van der Waals surface area contributed by atoms with Crippen molar-refractivity contribution < 1.29 is 8.78 Å². The maximum atomic E-state index is 12.2. The number of hydrogen-bond donors (Lipinski definition) is 1. The van der Waals surface area contributed by atoms with Crippen LogP contribution in [0.15, 0.2) is 10.9 Å². The van der Waals surface area contributed by atoms with Crippen LogP contribution in [0.25, 0.3) is 0 Å². The Balaban J connectivity index is 3.41. The molecule has 6 heteroatoms. The first-order chi connectivity index (χ1) is 6.60. The van der Waals surface area contributed by atoms with Crippen molar-refractivity contribution in [2.45, 2.75) is 11.8 Å². The van der Waals surface area contributed by atoms with E-state index < -0.39 is 17.7 Å². The van der Waals surface area contributed by atoms with E-state index in [-0.39, 0.29) is 16.5 Å². The lowest BCUT2D eigenvalue weighted by atomic mass is 10.1. The van der Waals surface area contributed by atoms with E-state index >= 15 is 0 Å². The van der Waals surface area contributed by atoms with Gasteiger partial charge in [0.25, 0.3) is 12.0 Å². The molecule has 0 amide bonds. The lowest BCUT2D eigenvalue weighted by molar-refractivity contribution is 0.145. The quantitative estimate of drug-likeness (QED) is 0.830. The molecule has 0 saturated heterocycles. The number of H-pyrrole nitrogens is 1. The summed E-state index contributed by atoms with van der Waals surface area (Å²) in [6.45, 7) is 0. The molecule has 0 saturated carbocycles. The van der Waals surface area contributed by atoms with Crippen LogP contribution in [0.4, 0.5) is 8.78 Å². The van der Waals surface area contributed by atoms with E-state index in [1.54, 1.807) is 6.07 Å². The van der Waals surface area contributed by atoms with E-state index in [4.69, 9.17) is 5.26 Å². The highest BCUT2D eigenvalue weighted by atomic mass is 79.9. The fourth-order valence-corrected chi connectivity index (χ4v) is 1.42. The number of halogens is 3. The summed E-state index contributed by atoms with van der Waals surface area (Å²) < 4.78 is 24.5. The molecule has 14 heavy (non-hydrogen) atoms. The summed E-state index contributed by atoms with van der Waals surface area (Å²) in [6, 6.07) is 2.77. The molecule has 1 N–H and O–H groups in total. The highest BCUT2D eigenvalue weighted by Gasteiger charge is 2.13. The average Bonchev–Trinajstić information content (AvgIpc) is 2.16. The molecule has 1 aromatic rings. The Morgan fingerprint density at radius 3 is 2.71 bits per heavy atom. The third kappa shape index (κ3) is 1.99. The third-order valence-electron chi connectivity index (χ3n) is 1.63. The second kappa shape index (κ2) is 4.33. The molecule has 1 rings (SSSR count). The Kier molecular flexibility index (Phi) is 3.36. The van der Waals surface area contributed by atoms with Crippen molar-refractivity contribution in [2.24, 2.45) is 0 Å². The van der Waals surface area contributed by atoms with Gasteiger partial charge in [0.1, 0.15) is 11.6 Å². The number of aromatic amines is 1. The number of pyridine rings is 1. The molecule has 1 heterocycles. The fraction of sp³-hybridized carbons (Fsp3) is 0.250. The summed E-state index contributed by atoms with van der Waals surface area (Å²) in [5.74, 6) is 0. The van der Waals surface area contributed by atoms with Gasteiger partial charge >= 0.3 is 0 Å². The number of nitriles is 1. The Morgan fingerprint density at radius 2 is 2.29 bits per heavy atom. The predicted octanol–water partition coefficient (Wildman–Crippen LogP) is 2.08. The summed E-state index contributed by atoms with van der Waals surface area (Å²) >= 11 is 3.02. The van der Waals surface area contributed by atoms with Crippen molar-refractivity contribution in [3.63, 3.8) is 0 Å². The van der Waals surface area contributed by atoms with Crippen LogP contribution in [-0.2, 0) is 5.33 Å². The van der Waals surface area contributed by atoms with E-state index in [2.05, 4.69) is 15.9 Å². The highest BCUT2D eigenvalue weighted by molar-refractivity contribution is 9.08. The third-order valence-corrected chi connectivity index (χ3v) is 2.23. The molecule has 0 atom stereocenters. The number of nitrogens with one attached hydrogen (secondary N) is 1. The zero-order valence-electron chi connectivity index (χ0n) is 6.85. The van der Waals surface area contributed by atoms with Gasteiger partial charge in [-0.1, -0.05) is 15.9 Å². The molecule has 0 aromatic carbocycles. The highest BCUT2D eigenvalue weighted by Crippen LogP contribution is 2.18. The number of nitrogens with zero attached hydrogens (tertiary/aromatic N) is 1. The summed E-state index contributed by atoms with van der Waals surface area (Å²) in [5, 5.41) is 8.78. The van der Waals surface area contributed by atoms with Gasteiger partial charge in [-0.2, -0.15) is 5.26 Å². The first-order valence-corrected chi connectivity index (χ1v) is 4.72. The van der Waals surface area contributed by atoms with Crippen molar-refractivity contribution >= 4 is 15.9 Å². The van der Waals surface area contributed by atoms with Gasteiger partial charge < -0.3 is 4.98 Å². The molecule has 0 bridgehead atoms. The molecule has 0 radical (unpaired) electrons. The van der Waals surface area contributed by atoms with E-state index in [1.807, 2.05) is 4.98 Å². The van der Waals surface area contributed by atoms with Gasteiger partial charge in [-0.25, -0.2) is 8.78 Å². The monoisotopic (exact) mass is 262 g/mol. The first-order valence-electron chi connectivity index (χ1n) is 3.60. The number of rotatable bonds is 2. The molecule has 74 valence electrons. The van der Waals surface area contributed by atoms with E-state index in [1.165, 1.54) is 0 Å². The van der Waals surface area contributed by atoms with Crippen LogP contribution < -0.4 is 5.56 Å². The zero-order valence-corrected chi connectivity index (χ0v) is 8.44. The van der Waals surface area contributed by atoms with Gasteiger partial charge in [-0.3, -0.25) is 4.79 Å². The molecule has 3 nitrogen and oxygen atoms in total. The molecule has 0 fully saturated rings. The fourth-order valence-electron chi connectivity index (χ4n) is 0.981. The number of hydrogen-bond acceptors (Lipinski definition) is 2. The van der Waals surface area contributed by atoms with Gasteiger partial charge in [-0.05, 0) is 11.6 Å². The van der Waals surface area contributed by atoms with E-state index in [0.29, 0.717) is 0 Å². The van der Waals surface area contributed by atoms with Crippen LogP contribution in [-0.4, -0.2) is 4.98 Å². The molecule has 1 aromatic heterocycles. The largest absolute Gasteiger partial charge is 0.320 e. The van der Waals surface area contributed by atoms with E-state index in [9.17, 15) is 13.6 Å². The zero-order chi connectivity index (χ0) is 10.7. The molecular formula is C8H5BrF2N2O. The Labute approximate surface area is 86.5 Å². The molecule has 0 aliphatic rings. The minimum atomic E-state index is -2.74. The summed E-state index contributed by atoms with van der Waals surface area (Å²) in [4.78, 5) is 13.1. The average molecular weight is 263 g/mol. The second-order valence-corrected chi connectivity index (χ2v) is 3.06. The molecule has 0 aliphatic heterocycles. The van der Waals surface area contributed by atoms with Gasteiger partial charge in [-0.15, -0.1) is 0 Å². The minimum absolute atomic E-state index is 0.133. The molecule has 0 aliphatic carbocycles. The maximum absolute atomic E-state index is 12.2. The Bertz CT molecular complexity index is 436. The lowest BCUT2D eigenvalue weighted by Gasteiger charge is -2.03. The van der Waals surface area contributed by atoms with Gasteiger partial charge in [0.05, 0.1) is 5.69 Å². The minimum Gasteiger partial charge on any atom is -0.320 e. The predicted molar refractivity (Wildman–Crippen MR) is 49.4 cm³/mol. The second-order valence-electron chi connectivity index (χ2n) is 2.50. The van der Waals surface area contributed by atoms with Gasteiger partial charge in [0, 0.05) is 5.33 Å². The Hall–Kier alpha value is -1.22. The van der Waals surface area contributed by atoms with Crippen LogP contribution in [0, 0.1) is 11.3 Å². The first kappa shape index (κ1) is 10.9. The van der Waals surface area contributed by atoms with Crippen molar-refractivity contribution in [3.05, 3.63) is 33.2 Å². The van der Waals surface area contributed by atoms with Crippen LogP contribution in [0.3, 0.4) is 0 Å². The van der Waals surface area contributed by atoms with Crippen LogP contribution >= 0.6 is 15.9 Å². The van der Waals surface area contributed by atoms with Crippen LogP contribution in [0.2, 0.25) is 0 Å². The normalized spacial score (nSPS) is 10.2. The van der Waals surface area contributed by atoms with Crippen molar-refractivity contribution in [2.75, 3.05) is 0 Å². The smallest absolute Gasteiger partial charge is 0.278 e. The van der Waals surface area contributed by atoms with Crippen molar-refractivity contribution in [1.29, 1.82) is 5.26 Å². The SMILES string of the molecule is N#Cc1c(CBr)cc(C(F)F)[nH]c1=O. The van der Waals surface area contributed by atoms with Crippen molar-refractivity contribution in [1.82, 2.24) is 4.98 Å². The topological polar surface area (TPSA) is 56.6 Å². The molecular weight excluding hydrogens is 258 g/mol. The number of aromatic nitrogens is 1. The lowest BCUT2D eigenvalue weighted by Crippen LogP contribution is -2.15. The van der Waals surface area contributed by atoms with E-state index in [0.717, 1.165) is 6.07 Å². The van der Waals surface area contributed by atoms with Crippen molar-refractivity contribution in [3.8, 4) is 6.07 Å². The maximum Gasteiger partial charge on any atom is 0.278 e.